The molecule has 1 aromatic heterocycles. The van der Waals surface area contributed by atoms with E-state index < -0.39 is 5.97 Å². The average Bonchev–Trinajstić information content (AvgIpc) is 2.79. The zero-order valence-electron chi connectivity index (χ0n) is 9.74. The highest BCUT2D eigenvalue weighted by Gasteiger charge is 2.13. The van der Waals surface area contributed by atoms with Crippen molar-refractivity contribution < 1.29 is 18.7 Å². The maximum Gasteiger partial charge on any atom is 0.372 e. The second kappa shape index (κ2) is 4.91. The van der Waals surface area contributed by atoms with Gasteiger partial charge in [-0.05, 0) is 36.8 Å². The molecule has 2 aromatic rings. The highest BCUT2D eigenvalue weighted by molar-refractivity contribution is 5.86. The number of carboxylic acids is 1. The largest absolute Gasteiger partial charge is 0.475 e. The molecule has 2 rings (SSSR count). The molecule has 4 nitrogen and oxygen atoms in total. The molecular formula is C13H12FNO3. The number of furan rings is 1. The van der Waals surface area contributed by atoms with Gasteiger partial charge in [0.05, 0.1) is 6.26 Å². The Labute approximate surface area is 103 Å². The molecule has 2 N–H and O–H groups in total. The Morgan fingerprint density at radius 1 is 1.44 bits per heavy atom. The molecule has 0 unspecified atom stereocenters. The van der Waals surface area contributed by atoms with Gasteiger partial charge in [-0.3, -0.25) is 0 Å². The fourth-order valence-electron chi connectivity index (χ4n) is 1.61. The van der Waals surface area contributed by atoms with Gasteiger partial charge < -0.3 is 14.8 Å². The normalized spacial score (nSPS) is 10.3. The summed E-state index contributed by atoms with van der Waals surface area (Å²) in [7, 11) is 0. The number of hydrogen-bond acceptors (Lipinski definition) is 3. The molecule has 0 aliphatic rings. The summed E-state index contributed by atoms with van der Waals surface area (Å²) in [5.74, 6) is -1.46. The Kier molecular flexibility index (Phi) is 3.32. The van der Waals surface area contributed by atoms with Crippen molar-refractivity contribution in [3.8, 4) is 0 Å². The molecule has 5 heteroatoms. The lowest BCUT2D eigenvalue weighted by Crippen LogP contribution is -2.04. The predicted molar refractivity (Wildman–Crippen MR) is 64.1 cm³/mol. The minimum Gasteiger partial charge on any atom is -0.475 e. The molecule has 0 bridgehead atoms. The van der Waals surface area contributed by atoms with Crippen molar-refractivity contribution in [1.29, 1.82) is 0 Å². The van der Waals surface area contributed by atoms with Gasteiger partial charge in [0.15, 0.2) is 0 Å². The zero-order valence-corrected chi connectivity index (χ0v) is 9.74. The Bertz CT molecular complexity index is 577. The van der Waals surface area contributed by atoms with Crippen molar-refractivity contribution in [2.75, 3.05) is 5.32 Å². The molecule has 18 heavy (non-hydrogen) atoms. The van der Waals surface area contributed by atoms with Crippen LogP contribution in [0.25, 0.3) is 0 Å². The van der Waals surface area contributed by atoms with Crippen LogP contribution >= 0.6 is 0 Å². The van der Waals surface area contributed by atoms with Gasteiger partial charge in [-0.25, -0.2) is 9.18 Å². The van der Waals surface area contributed by atoms with Crippen LogP contribution < -0.4 is 5.32 Å². The monoisotopic (exact) mass is 249 g/mol. The van der Waals surface area contributed by atoms with Crippen molar-refractivity contribution in [2.45, 2.75) is 13.5 Å². The Balaban J connectivity index is 2.09. The third-order valence-corrected chi connectivity index (χ3v) is 2.58. The first kappa shape index (κ1) is 12.2. The molecule has 0 aliphatic heterocycles. The van der Waals surface area contributed by atoms with Gasteiger partial charge in [-0.2, -0.15) is 0 Å². The summed E-state index contributed by atoms with van der Waals surface area (Å²) in [5.41, 5.74) is 1.81. The second-order valence-corrected chi connectivity index (χ2v) is 3.90. The van der Waals surface area contributed by atoms with Gasteiger partial charge in [0.1, 0.15) is 5.82 Å². The molecule has 0 spiro atoms. The van der Waals surface area contributed by atoms with Crippen molar-refractivity contribution in [3.05, 3.63) is 53.2 Å². The van der Waals surface area contributed by atoms with Crippen LogP contribution in [-0.2, 0) is 6.54 Å². The van der Waals surface area contributed by atoms with Gasteiger partial charge in [-0.1, -0.05) is 0 Å². The van der Waals surface area contributed by atoms with Crippen LogP contribution in [0.1, 0.15) is 21.7 Å². The van der Waals surface area contributed by atoms with E-state index in [2.05, 4.69) is 5.32 Å². The zero-order chi connectivity index (χ0) is 13.1. The van der Waals surface area contributed by atoms with Gasteiger partial charge in [0.25, 0.3) is 0 Å². The maximum absolute atomic E-state index is 13.1. The summed E-state index contributed by atoms with van der Waals surface area (Å²) in [6.45, 7) is 1.98. The number of carbonyl (C=O) groups is 1. The van der Waals surface area contributed by atoms with Crippen LogP contribution in [0, 0.1) is 12.7 Å². The van der Waals surface area contributed by atoms with Crippen molar-refractivity contribution in [3.63, 3.8) is 0 Å². The smallest absolute Gasteiger partial charge is 0.372 e. The van der Waals surface area contributed by atoms with E-state index in [1.54, 1.807) is 25.1 Å². The number of benzene rings is 1. The van der Waals surface area contributed by atoms with Gasteiger partial charge in [0, 0.05) is 17.8 Å². The lowest BCUT2D eigenvalue weighted by atomic mass is 10.2. The van der Waals surface area contributed by atoms with Crippen molar-refractivity contribution in [1.82, 2.24) is 0 Å². The quantitative estimate of drug-likeness (QED) is 0.874. The van der Waals surface area contributed by atoms with Crippen LogP contribution in [-0.4, -0.2) is 11.1 Å². The fourth-order valence-corrected chi connectivity index (χ4v) is 1.61. The standard InChI is InChI=1S/C13H12FNO3/c1-8-6-10(2-3-11(8)14)15-7-9-4-5-18-12(9)13(16)17/h2-6,15H,7H2,1H3,(H,16,17). The van der Waals surface area contributed by atoms with Crippen LogP contribution in [0.5, 0.6) is 0 Å². The van der Waals surface area contributed by atoms with Crippen LogP contribution in [0.2, 0.25) is 0 Å². The molecule has 1 heterocycles. The second-order valence-electron chi connectivity index (χ2n) is 3.90. The highest BCUT2D eigenvalue weighted by Crippen LogP contribution is 2.16. The first-order chi connectivity index (χ1) is 8.58. The van der Waals surface area contributed by atoms with E-state index in [1.165, 1.54) is 12.3 Å². The van der Waals surface area contributed by atoms with Crippen LogP contribution in [0.15, 0.2) is 34.9 Å². The molecule has 0 radical (unpaired) electrons. The van der Waals surface area contributed by atoms with E-state index in [0.29, 0.717) is 17.7 Å². The van der Waals surface area contributed by atoms with Gasteiger partial charge in [0.2, 0.25) is 5.76 Å². The third-order valence-electron chi connectivity index (χ3n) is 2.58. The lowest BCUT2D eigenvalue weighted by molar-refractivity contribution is 0.0661. The summed E-state index contributed by atoms with van der Waals surface area (Å²) in [6.07, 6.45) is 1.33. The van der Waals surface area contributed by atoms with E-state index in [0.717, 1.165) is 5.69 Å². The predicted octanol–water partition coefficient (Wildman–Crippen LogP) is 3.04. The number of carboxylic acid groups (broad SMARTS) is 1. The SMILES string of the molecule is Cc1cc(NCc2ccoc2C(=O)O)ccc1F. The minimum atomic E-state index is -1.10. The molecular weight excluding hydrogens is 237 g/mol. The molecule has 0 saturated heterocycles. The number of anilines is 1. The van der Waals surface area contributed by atoms with E-state index in [1.807, 2.05) is 0 Å². The highest BCUT2D eigenvalue weighted by atomic mass is 19.1. The lowest BCUT2D eigenvalue weighted by Gasteiger charge is -2.06. The maximum atomic E-state index is 13.1. The molecule has 94 valence electrons. The van der Waals surface area contributed by atoms with Crippen molar-refractivity contribution in [2.24, 2.45) is 0 Å². The van der Waals surface area contributed by atoms with E-state index in [-0.39, 0.29) is 11.6 Å². The summed E-state index contributed by atoms with van der Waals surface area (Å²) in [5, 5.41) is 11.9. The molecule has 0 aliphatic carbocycles. The van der Waals surface area contributed by atoms with Crippen LogP contribution in [0.3, 0.4) is 0 Å². The average molecular weight is 249 g/mol. The first-order valence-corrected chi connectivity index (χ1v) is 5.37. The van der Waals surface area contributed by atoms with E-state index >= 15 is 0 Å². The van der Waals surface area contributed by atoms with E-state index in [4.69, 9.17) is 9.52 Å². The number of hydrogen-bond donors (Lipinski definition) is 2. The summed E-state index contributed by atoms with van der Waals surface area (Å²) in [4.78, 5) is 10.8. The summed E-state index contributed by atoms with van der Waals surface area (Å²) in [6, 6.07) is 6.22. The topological polar surface area (TPSA) is 62.5 Å². The van der Waals surface area contributed by atoms with Crippen LogP contribution in [0.4, 0.5) is 10.1 Å². The number of rotatable bonds is 4. The minimum absolute atomic E-state index is 0.0821. The Morgan fingerprint density at radius 2 is 2.22 bits per heavy atom. The molecule has 0 fully saturated rings. The number of nitrogens with one attached hydrogen (secondary N) is 1. The number of halogens is 1. The van der Waals surface area contributed by atoms with Gasteiger partial charge >= 0.3 is 5.97 Å². The van der Waals surface area contributed by atoms with Crippen molar-refractivity contribution >= 4 is 11.7 Å². The number of aryl methyl sites for hydroxylation is 1. The summed E-state index contributed by atoms with van der Waals surface area (Å²) >= 11 is 0. The van der Waals surface area contributed by atoms with Gasteiger partial charge in [-0.15, -0.1) is 0 Å². The Hall–Kier alpha value is -2.30. The Morgan fingerprint density at radius 3 is 2.89 bits per heavy atom. The van der Waals surface area contributed by atoms with E-state index in [9.17, 15) is 9.18 Å². The fraction of sp³-hybridized carbons (Fsp3) is 0.154. The molecule has 0 saturated carbocycles. The molecule has 0 amide bonds. The first-order valence-electron chi connectivity index (χ1n) is 5.37. The molecule has 0 atom stereocenters. The number of aromatic carboxylic acids is 1. The third kappa shape index (κ3) is 2.51. The summed E-state index contributed by atoms with van der Waals surface area (Å²) < 4.78 is 17.9. The molecule has 1 aromatic carbocycles.